The van der Waals surface area contributed by atoms with Crippen LogP contribution < -0.4 is 10.6 Å². The van der Waals surface area contributed by atoms with Gasteiger partial charge in [-0.25, -0.2) is 14.6 Å². The predicted octanol–water partition coefficient (Wildman–Crippen LogP) is 11.1. The van der Waals surface area contributed by atoms with E-state index in [2.05, 4.69) is 116 Å². The van der Waals surface area contributed by atoms with E-state index in [9.17, 15) is 14.4 Å². The predicted molar refractivity (Wildman–Crippen MR) is 268 cm³/mol. The van der Waals surface area contributed by atoms with Crippen molar-refractivity contribution >= 4 is 40.4 Å². The standard InChI is InChI=1S/C56H71N7O5/c1-29(2)49(60-55(65)67-8)33(7)62-41-19-16-39(25-41)51(62)32(6)57-28-31(5)34-10-12-35(13-11-34)43-21-22-44(48-38-15-14-37(24-38)47(43)48)36-18-23-45-46(27-36)59-53(58-45)52-40-17-20-42(26-40)63(52)54(64)50(30(3)4)61-56(66)68-9/h10-13,18,21-23,27-30,33,37-42,49-52H,14-17,19-20,24-26H2,1-9H3,(H,58,59)(H,60,65)(H,61,66)/b31-28+,57-32?/t33?,37?,38?,39?,40?,41?,42?,49-,50-,51+,52-/m0/s1. The molecule has 0 radical (unpaired) electrons. The minimum absolute atomic E-state index is 0.0194. The Morgan fingerprint density at radius 2 is 1.38 bits per heavy atom. The molecule has 3 amide bonds. The van der Waals surface area contributed by atoms with Crippen LogP contribution in [0.2, 0.25) is 0 Å². The first-order chi connectivity index (χ1) is 32.7. The smallest absolute Gasteiger partial charge is 0.407 e. The third-order valence-corrected chi connectivity index (χ3v) is 17.2. The van der Waals surface area contributed by atoms with Gasteiger partial charge in [0.1, 0.15) is 11.9 Å². The Kier molecular flexibility index (Phi) is 12.5. The number of piperidine rings is 2. The van der Waals surface area contributed by atoms with Crippen molar-refractivity contribution in [3.05, 3.63) is 83.3 Å². The number of aromatic nitrogens is 2. The van der Waals surface area contributed by atoms with Crippen LogP contribution in [0.1, 0.15) is 147 Å². The summed E-state index contributed by atoms with van der Waals surface area (Å²) in [5.74, 6) is 2.97. The zero-order chi connectivity index (χ0) is 47.7. The van der Waals surface area contributed by atoms with Gasteiger partial charge >= 0.3 is 12.2 Å². The molecular weight excluding hydrogens is 851 g/mol. The van der Waals surface area contributed by atoms with Crippen molar-refractivity contribution in [2.45, 2.75) is 160 Å². The molecular formula is C56H71N7O5. The van der Waals surface area contributed by atoms with Crippen molar-refractivity contribution in [3.8, 4) is 22.3 Å². The van der Waals surface area contributed by atoms with Gasteiger partial charge < -0.3 is 30.0 Å². The normalized spacial score (nSPS) is 27.6. The Bertz CT molecular complexity index is 2650. The summed E-state index contributed by atoms with van der Waals surface area (Å²) in [4.78, 5) is 57.5. The van der Waals surface area contributed by atoms with Crippen molar-refractivity contribution in [2.24, 2.45) is 28.7 Å². The van der Waals surface area contributed by atoms with E-state index >= 15 is 0 Å². The Morgan fingerprint density at radius 1 is 0.750 bits per heavy atom. The van der Waals surface area contributed by atoms with Gasteiger partial charge in [-0.2, -0.15) is 0 Å². The summed E-state index contributed by atoms with van der Waals surface area (Å²) < 4.78 is 9.90. The highest BCUT2D eigenvalue weighted by Gasteiger charge is 2.52. The Labute approximate surface area is 402 Å². The largest absolute Gasteiger partial charge is 0.453 e. The highest BCUT2D eigenvalue weighted by molar-refractivity contribution is 5.90. The van der Waals surface area contributed by atoms with Gasteiger partial charge in [-0.1, -0.05) is 70.2 Å². The number of alkyl carbamates (subject to hydrolysis) is 2. The highest BCUT2D eigenvalue weighted by Crippen LogP contribution is 2.58. The zero-order valence-electron chi connectivity index (χ0n) is 41.5. The first kappa shape index (κ1) is 46.2. The summed E-state index contributed by atoms with van der Waals surface area (Å²) in [7, 11) is 2.76. The number of ether oxygens (including phenoxy) is 2. The number of fused-ring (bicyclic) bond motifs is 10. The first-order valence-electron chi connectivity index (χ1n) is 25.5. The monoisotopic (exact) mass is 922 g/mol. The number of likely N-dealkylation sites (tertiary alicyclic amines) is 2. The maximum atomic E-state index is 14.2. The van der Waals surface area contributed by atoms with Crippen molar-refractivity contribution in [2.75, 3.05) is 14.2 Å². The van der Waals surface area contributed by atoms with Crippen molar-refractivity contribution in [1.82, 2.24) is 30.4 Å². The molecule has 2 aliphatic heterocycles. The number of H-pyrrole nitrogens is 1. The molecule has 0 spiro atoms. The molecule has 10 rings (SSSR count). The molecule has 7 unspecified atom stereocenters. The molecule has 12 heteroatoms. The van der Waals surface area contributed by atoms with Gasteiger partial charge in [-0.15, -0.1) is 0 Å². The minimum atomic E-state index is -0.670. The molecule has 2 saturated heterocycles. The second-order valence-corrected chi connectivity index (χ2v) is 21.7. The molecule has 3 N–H and O–H groups in total. The fraction of sp³-hybridized carbons (Fsp3) is 0.554. The zero-order valence-corrected chi connectivity index (χ0v) is 41.5. The maximum absolute atomic E-state index is 14.2. The number of aromatic amines is 1. The molecule has 11 atom stereocenters. The number of imidazole rings is 1. The molecule has 1 aromatic heterocycles. The molecule has 3 heterocycles. The second kappa shape index (κ2) is 18.4. The average Bonchev–Trinajstić information content (AvgIpc) is 4.23. The van der Waals surface area contributed by atoms with Crippen LogP contribution >= 0.6 is 0 Å². The van der Waals surface area contributed by atoms with Gasteiger partial charge in [-0.05, 0) is 171 Å². The Balaban J connectivity index is 0.888. The topological polar surface area (TPSA) is 141 Å². The molecule has 6 bridgehead atoms. The summed E-state index contributed by atoms with van der Waals surface area (Å²) >= 11 is 0. The number of benzene rings is 3. The minimum Gasteiger partial charge on any atom is -0.453 e. The molecule has 3 aromatic carbocycles. The van der Waals surface area contributed by atoms with Crippen molar-refractivity contribution in [1.29, 1.82) is 0 Å². The van der Waals surface area contributed by atoms with Crippen LogP contribution in [0.25, 0.3) is 38.9 Å². The summed E-state index contributed by atoms with van der Waals surface area (Å²) in [6.07, 6.45) is 11.4. The SMILES string of the molecule is COC(=O)N[C@@H](C(C)C)C(C)N1C2CCC(C2)[C@H]1C(C)=N/C=C(\C)c1ccc(-c2ccc(-c3ccc4nc([C@@H]5C6CCC(C6)N5C(=O)[C@@H](NC(=O)OC)C(C)C)[nH]c4c3)c3c2C2CCC3C2)cc1. The summed E-state index contributed by atoms with van der Waals surface area (Å²) in [5, 5.41) is 5.95. The summed E-state index contributed by atoms with van der Waals surface area (Å²) in [6.45, 7) is 14.9. The van der Waals surface area contributed by atoms with E-state index in [0.717, 1.165) is 47.4 Å². The lowest BCUT2D eigenvalue weighted by atomic mass is 9.81. The molecule has 5 fully saturated rings. The molecule has 68 heavy (non-hydrogen) atoms. The van der Waals surface area contributed by atoms with Crippen LogP contribution in [0, 0.1) is 23.7 Å². The van der Waals surface area contributed by atoms with E-state index in [-0.39, 0.29) is 54.0 Å². The van der Waals surface area contributed by atoms with E-state index in [0.29, 0.717) is 29.7 Å². The number of carbonyl (C=O) groups is 3. The summed E-state index contributed by atoms with van der Waals surface area (Å²) in [5.41, 5.74) is 13.5. The van der Waals surface area contributed by atoms with Crippen molar-refractivity contribution in [3.63, 3.8) is 0 Å². The van der Waals surface area contributed by atoms with E-state index in [1.165, 1.54) is 91.7 Å². The van der Waals surface area contributed by atoms with Crippen LogP contribution in [-0.2, 0) is 14.3 Å². The fourth-order valence-electron chi connectivity index (χ4n) is 14.0. The summed E-state index contributed by atoms with van der Waals surface area (Å²) in [6, 6.07) is 20.6. The van der Waals surface area contributed by atoms with Crippen LogP contribution in [0.4, 0.5) is 9.59 Å². The quantitative estimate of drug-likeness (QED) is 0.113. The number of methoxy groups -OCH3 is 2. The highest BCUT2D eigenvalue weighted by atomic mass is 16.5. The molecule has 3 saturated carbocycles. The molecule has 360 valence electrons. The fourth-order valence-corrected chi connectivity index (χ4v) is 14.0. The van der Waals surface area contributed by atoms with Crippen molar-refractivity contribution < 1.29 is 23.9 Å². The number of hydrogen-bond donors (Lipinski definition) is 3. The van der Waals surface area contributed by atoms with Gasteiger partial charge in [-0.3, -0.25) is 14.7 Å². The van der Waals surface area contributed by atoms with E-state index < -0.39 is 12.1 Å². The third kappa shape index (κ3) is 8.11. The molecule has 6 aliphatic rings. The number of amides is 3. The van der Waals surface area contributed by atoms with Crippen LogP contribution in [0.3, 0.4) is 0 Å². The van der Waals surface area contributed by atoms with Gasteiger partial charge in [0, 0.05) is 36.1 Å². The number of nitrogens with one attached hydrogen (secondary N) is 3. The van der Waals surface area contributed by atoms with Gasteiger partial charge in [0.25, 0.3) is 0 Å². The molecule has 4 aromatic rings. The number of hydrogen-bond acceptors (Lipinski definition) is 8. The Morgan fingerprint density at radius 3 is 2.06 bits per heavy atom. The van der Waals surface area contributed by atoms with Crippen LogP contribution in [0.15, 0.2) is 65.8 Å². The van der Waals surface area contributed by atoms with E-state index in [4.69, 9.17) is 19.5 Å². The number of nitrogens with zero attached hydrogens (tertiary/aromatic N) is 4. The Hall–Kier alpha value is -5.49. The van der Waals surface area contributed by atoms with E-state index in [1.54, 1.807) is 0 Å². The maximum Gasteiger partial charge on any atom is 0.407 e. The first-order valence-corrected chi connectivity index (χ1v) is 25.5. The van der Waals surface area contributed by atoms with E-state index in [1.807, 2.05) is 18.7 Å². The molecule has 4 aliphatic carbocycles. The molecule has 12 nitrogen and oxygen atoms in total. The van der Waals surface area contributed by atoms with Gasteiger partial charge in [0.05, 0.1) is 37.3 Å². The lowest BCUT2D eigenvalue weighted by Gasteiger charge is -2.43. The lowest BCUT2D eigenvalue weighted by molar-refractivity contribution is -0.139. The lowest BCUT2D eigenvalue weighted by Crippen LogP contribution is -2.58. The third-order valence-electron chi connectivity index (χ3n) is 17.2. The van der Waals surface area contributed by atoms with Crippen LogP contribution in [-0.4, -0.2) is 94.0 Å². The number of allylic oxidation sites excluding steroid dienone is 1. The number of aliphatic imine (C=N–C) groups is 1. The van der Waals surface area contributed by atoms with Gasteiger partial charge in [0.15, 0.2) is 0 Å². The number of rotatable bonds is 13. The second-order valence-electron chi connectivity index (χ2n) is 21.7. The number of carbonyl (C=O) groups excluding carboxylic acids is 3. The van der Waals surface area contributed by atoms with Gasteiger partial charge in [0.2, 0.25) is 5.91 Å². The average molecular weight is 922 g/mol. The van der Waals surface area contributed by atoms with Crippen LogP contribution in [0.5, 0.6) is 0 Å².